The summed E-state index contributed by atoms with van der Waals surface area (Å²) in [6, 6.07) is 0. The summed E-state index contributed by atoms with van der Waals surface area (Å²) in [5.41, 5.74) is 0. The van der Waals surface area contributed by atoms with Gasteiger partial charge in [-0.3, -0.25) is 0 Å². The Morgan fingerprint density at radius 2 is 1.93 bits per heavy atom. The first kappa shape index (κ1) is 12.4. The number of rotatable bonds is 7. The van der Waals surface area contributed by atoms with Crippen molar-refractivity contribution in [3.63, 3.8) is 0 Å². The fourth-order valence-corrected chi connectivity index (χ4v) is 2.77. The van der Waals surface area contributed by atoms with Crippen LogP contribution in [0.3, 0.4) is 0 Å². The zero-order chi connectivity index (χ0) is 10.1. The first-order valence-corrected chi connectivity index (χ1v) is 7.37. The van der Waals surface area contributed by atoms with Crippen molar-refractivity contribution in [2.75, 3.05) is 24.6 Å². The second kappa shape index (κ2) is 8.60. The highest BCUT2D eigenvalue weighted by Crippen LogP contribution is 2.25. The van der Waals surface area contributed by atoms with Crippen LogP contribution in [0.4, 0.5) is 0 Å². The van der Waals surface area contributed by atoms with Gasteiger partial charge in [-0.1, -0.05) is 39.0 Å². The average Bonchev–Trinajstić information content (AvgIpc) is 2.25. The van der Waals surface area contributed by atoms with Crippen molar-refractivity contribution in [3.8, 4) is 0 Å². The second-order valence-electron chi connectivity index (χ2n) is 4.24. The van der Waals surface area contributed by atoms with Crippen molar-refractivity contribution in [2.24, 2.45) is 5.92 Å². The number of hydrogen-bond donors (Lipinski definition) is 1. The molecular weight excluding hydrogens is 190 g/mol. The van der Waals surface area contributed by atoms with E-state index in [1.807, 2.05) is 11.8 Å². The van der Waals surface area contributed by atoms with Gasteiger partial charge >= 0.3 is 0 Å². The molecular formula is C12H25NS. The predicted octanol–water partition coefficient (Wildman–Crippen LogP) is 3.30. The molecule has 0 aromatic heterocycles. The monoisotopic (exact) mass is 215 g/mol. The molecule has 0 spiro atoms. The molecule has 0 heterocycles. The molecule has 84 valence electrons. The van der Waals surface area contributed by atoms with Crippen molar-refractivity contribution >= 4 is 11.8 Å². The Morgan fingerprint density at radius 3 is 2.64 bits per heavy atom. The van der Waals surface area contributed by atoms with E-state index in [0.29, 0.717) is 0 Å². The van der Waals surface area contributed by atoms with Crippen LogP contribution in [-0.2, 0) is 0 Å². The van der Waals surface area contributed by atoms with Crippen molar-refractivity contribution in [1.29, 1.82) is 0 Å². The van der Waals surface area contributed by atoms with Crippen LogP contribution in [0.25, 0.3) is 0 Å². The summed E-state index contributed by atoms with van der Waals surface area (Å²) in [5.74, 6) is 3.57. The van der Waals surface area contributed by atoms with E-state index in [0.717, 1.165) is 5.92 Å². The highest BCUT2D eigenvalue weighted by molar-refractivity contribution is 7.99. The third kappa shape index (κ3) is 5.92. The number of nitrogens with one attached hydrogen (secondary N) is 1. The van der Waals surface area contributed by atoms with E-state index in [-0.39, 0.29) is 0 Å². The van der Waals surface area contributed by atoms with Crippen LogP contribution in [0, 0.1) is 5.92 Å². The van der Waals surface area contributed by atoms with Crippen molar-refractivity contribution < 1.29 is 0 Å². The molecule has 0 bridgehead atoms. The van der Waals surface area contributed by atoms with Gasteiger partial charge in [-0.2, -0.15) is 11.8 Å². The smallest absolute Gasteiger partial charge is 0.00579 e. The maximum absolute atomic E-state index is 3.55. The van der Waals surface area contributed by atoms with Crippen molar-refractivity contribution in [3.05, 3.63) is 0 Å². The van der Waals surface area contributed by atoms with Gasteiger partial charge in [0.05, 0.1) is 0 Å². The molecule has 1 fully saturated rings. The van der Waals surface area contributed by atoms with E-state index in [4.69, 9.17) is 0 Å². The maximum Gasteiger partial charge on any atom is 0.00579 e. The lowest BCUT2D eigenvalue weighted by Crippen LogP contribution is -2.21. The van der Waals surface area contributed by atoms with E-state index in [1.165, 1.54) is 63.1 Å². The Labute approximate surface area is 93.4 Å². The lowest BCUT2D eigenvalue weighted by atomic mass is 9.87. The van der Waals surface area contributed by atoms with E-state index >= 15 is 0 Å². The largest absolute Gasteiger partial charge is 0.316 e. The van der Waals surface area contributed by atoms with Gasteiger partial charge in [0.15, 0.2) is 0 Å². The molecule has 0 amide bonds. The quantitative estimate of drug-likeness (QED) is 0.654. The lowest BCUT2D eigenvalue weighted by Gasteiger charge is -2.21. The summed E-state index contributed by atoms with van der Waals surface area (Å²) < 4.78 is 0. The van der Waals surface area contributed by atoms with Gasteiger partial charge in [-0.05, 0) is 24.6 Å². The summed E-state index contributed by atoms with van der Waals surface area (Å²) in [5, 5.41) is 3.55. The fraction of sp³-hybridized carbons (Fsp3) is 1.00. The molecule has 1 aliphatic carbocycles. The molecule has 1 aliphatic rings. The minimum Gasteiger partial charge on any atom is -0.316 e. The average molecular weight is 215 g/mol. The zero-order valence-corrected chi connectivity index (χ0v) is 10.4. The minimum atomic E-state index is 1.04. The van der Waals surface area contributed by atoms with Crippen LogP contribution >= 0.6 is 11.8 Å². The highest BCUT2D eigenvalue weighted by Gasteiger charge is 2.12. The standard InChI is InChI=1S/C12H25NS/c1-2-14-11-10-13-9-8-12-6-4-3-5-7-12/h12-13H,2-11H2,1H3. The third-order valence-electron chi connectivity index (χ3n) is 3.08. The topological polar surface area (TPSA) is 12.0 Å². The van der Waals surface area contributed by atoms with Crippen LogP contribution in [0.2, 0.25) is 0 Å². The van der Waals surface area contributed by atoms with Crippen molar-refractivity contribution in [1.82, 2.24) is 5.32 Å². The third-order valence-corrected chi connectivity index (χ3v) is 3.98. The van der Waals surface area contributed by atoms with Gasteiger partial charge in [0.1, 0.15) is 0 Å². The Morgan fingerprint density at radius 1 is 1.14 bits per heavy atom. The van der Waals surface area contributed by atoms with Gasteiger partial charge in [0.25, 0.3) is 0 Å². The van der Waals surface area contributed by atoms with Crippen LogP contribution < -0.4 is 5.32 Å². The molecule has 0 atom stereocenters. The first-order valence-electron chi connectivity index (χ1n) is 6.22. The SMILES string of the molecule is CCSCCNCCC1CCCCC1. The summed E-state index contributed by atoms with van der Waals surface area (Å²) in [7, 11) is 0. The molecule has 1 nitrogen and oxygen atoms in total. The van der Waals surface area contributed by atoms with E-state index in [1.54, 1.807) is 0 Å². The number of thioether (sulfide) groups is 1. The van der Waals surface area contributed by atoms with Gasteiger partial charge in [0.2, 0.25) is 0 Å². The zero-order valence-electron chi connectivity index (χ0n) is 9.56. The fourth-order valence-electron chi connectivity index (χ4n) is 2.20. The van der Waals surface area contributed by atoms with E-state index in [9.17, 15) is 0 Å². The molecule has 1 rings (SSSR count). The summed E-state index contributed by atoms with van der Waals surface area (Å²) >= 11 is 2.03. The molecule has 0 unspecified atom stereocenters. The van der Waals surface area contributed by atoms with Crippen LogP contribution in [0.5, 0.6) is 0 Å². The van der Waals surface area contributed by atoms with Gasteiger partial charge in [-0.15, -0.1) is 0 Å². The predicted molar refractivity (Wildman–Crippen MR) is 67.1 cm³/mol. The molecule has 1 saturated carbocycles. The van der Waals surface area contributed by atoms with Gasteiger partial charge in [0, 0.05) is 12.3 Å². The second-order valence-corrected chi connectivity index (χ2v) is 5.63. The molecule has 14 heavy (non-hydrogen) atoms. The molecule has 2 heteroatoms. The molecule has 0 radical (unpaired) electrons. The molecule has 0 saturated heterocycles. The van der Waals surface area contributed by atoms with E-state index < -0.39 is 0 Å². The van der Waals surface area contributed by atoms with Crippen molar-refractivity contribution in [2.45, 2.75) is 45.4 Å². The highest BCUT2D eigenvalue weighted by atomic mass is 32.2. The van der Waals surface area contributed by atoms with Crippen LogP contribution in [0.1, 0.15) is 45.4 Å². The van der Waals surface area contributed by atoms with Crippen LogP contribution in [-0.4, -0.2) is 24.6 Å². The Hall–Kier alpha value is 0.310. The summed E-state index contributed by atoms with van der Waals surface area (Å²) in [4.78, 5) is 0. The maximum atomic E-state index is 3.55. The first-order chi connectivity index (χ1) is 6.93. The molecule has 0 aliphatic heterocycles. The minimum absolute atomic E-state index is 1.04. The Balaban J connectivity index is 1.82. The molecule has 0 aromatic carbocycles. The lowest BCUT2D eigenvalue weighted by molar-refractivity contribution is 0.335. The Bertz CT molecular complexity index is 121. The molecule has 0 aromatic rings. The Kier molecular flexibility index (Phi) is 7.61. The summed E-state index contributed by atoms with van der Waals surface area (Å²) in [6.45, 7) is 4.67. The summed E-state index contributed by atoms with van der Waals surface area (Å²) in [6.07, 6.45) is 8.84. The van der Waals surface area contributed by atoms with Crippen LogP contribution in [0.15, 0.2) is 0 Å². The van der Waals surface area contributed by atoms with Gasteiger partial charge in [-0.25, -0.2) is 0 Å². The van der Waals surface area contributed by atoms with Gasteiger partial charge < -0.3 is 5.32 Å². The van der Waals surface area contributed by atoms with E-state index in [2.05, 4.69) is 12.2 Å². The molecule has 1 N–H and O–H groups in total. The normalized spacial score (nSPS) is 18.6. The number of hydrogen-bond acceptors (Lipinski definition) is 2.